The Morgan fingerprint density at radius 2 is 1.96 bits per heavy atom. The summed E-state index contributed by atoms with van der Waals surface area (Å²) >= 11 is 5.94. The Kier molecular flexibility index (Phi) is 6.05. The van der Waals surface area contributed by atoms with Gasteiger partial charge in [0.2, 0.25) is 5.91 Å². The van der Waals surface area contributed by atoms with E-state index in [1.165, 1.54) is 18.2 Å². The minimum atomic E-state index is -0.529. The molecule has 2 aromatic rings. The van der Waals surface area contributed by atoms with Gasteiger partial charge in [-0.15, -0.1) is 0 Å². The quantitative estimate of drug-likeness (QED) is 0.365. The van der Waals surface area contributed by atoms with Gasteiger partial charge in [-0.3, -0.25) is 14.9 Å². The number of anilines is 1. The van der Waals surface area contributed by atoms with Crippen molar-refractivity contribution in [3.05, 3.63) is 63.9 Å². The van der Waals surface area contributed by atoms with Crippen LogP contribution in [0.5, 0.6) is 0 Å². The molecule has 1 aromatic carbocycles. The number of nitrogens with zero attached hydrogens (tertiary/aromatic N) is 2. The maximum absolute atomic E-state index is 11.9. The van der Waals surface area contributed by atoms with Crippen LogP contribution >= 0.6 is 11.6 Å². The first-order valence-electron chi connectivity index (χ1n) is 7.24. The summed E-state index contributed by atoms with van der Waals surface area (Å²) in [6.07, 6.45) is 5.97. The third kappa shape index (κ3) is 5.34. The number of nitro groups is 1. The van der Waals surface area contributed by atoms with Crippen molar-refractivity contribution in [1.82, 2.24) is 0 Å². The zero-order valence-electron chi connectivity index (χ0n) is 12.4. The third-order valence-electron chi connectivity index (χ3n) is 3.29. The normalized spacial score (nSPS) is 10.3. The SMILES string of the molecule is O=C(CCCC[n+]1ccccc1)Nc1ccc([N+](=O)[O-])cc1Cl. The second-order valence-corrected chi connectivity index (χ2v) is 5.45. The molecule has 0 saturated carbocycles. The number of unbranched alkanes of at least 4 members (excludes halogenated alkanes) is 1. The van der Waals surface area contributed by atoms with Gasteiger partial charge in [0, 0.05) is 37.1 Å². The number of carbonyl (C=O) groups excluding carboxylic acids is 1. The number of nitro benzene ring substituents is 1. The zero-order chi connectivity index (χ0) is 16.7. The van der Waals surface area contributed by atoms with Crippen molar-refractivity contribution in [1.29, 1.82) is 0 Å². The summed E-state index contributed by atoms with van der Waals surface area (Å²) in [6, 6.07) is 9.86. The van der Waals surface area contributed by atoms with Gasteiger partial charge in [-0.2, -0.15) is 0 Å². The van der Waals surface area contributed by atoms with Gasteiger partial charge in [-0.25, -0.2) is 4.57 Å². The fourth-order valence-electron chi connectivity index (χ4n) is 2.09. The van der Waals surface area contributed by atoms with Gasteiger partial charge in [0.15, 0.2) is 12.4 Å². The smallest absolute Gasteiger partial charge is 0.271 e. The summed E-state index contributed by atoms with van der Waals surface area (Å²) < 4.78 is 2.06. The molecule has 0 saturated heterocycles. The van der Waals surface area contributed by atoms with E-state index in [9.17, 15) is 14.9 Å². The van der Waals surface area contributed by atoms with Gasteiger partial charge in [0.05, 0.1) is 15.6 Å². The molecule has 0 radical (unpaired) electrons. The van der Waals surface area contributed by atoms with E-state index in [0.29, 0.717) is 12.1 Å². The number of amides is 1. The third-order valence-corrected chi connectivity index (χ3v) is 3.60. The summed E-state index contributed by atoms with van der Waals surface area (Å²) in [7, 11) is 0. The molecule has 0 unspecified atom stereocenters. The van der Waals surface area contributed by atoms with Crippen LogP contribution in [0.4, 0.5) is 11.4 Å². The number of aromatic nitrogens is 1. The van der Waals surface area contributed by atoms with Crippen molar-refractivity contribution in [2.75, 3.05) is 5.32 Å². The predicted octanol–water partition coefficient (Wildman–Crippen LogP) is 3.34. The Labute approximate surface area is 138 Å². The molecule has 1 amide bonds. The lowest BCUT2D eigenvalue weighted by atomic mass is 10.2. The van der Waals surface area contributed by atoms with Crippen molar-refractivity contribution in [2.45, 2.75) is 25.8 Å². The molecule has 1 aromatic heterocycles. The Balaban J connectivity index is 1.77. The molecular weight excluding hydrogens is 318 g/mol. The van der Waals surface area contributed by atoms with Crippen molar-refractivity contribution in [2.24, 2.45) is 0 Å². The Morgan fingerprint density at radius 3 is 2.61 bits per heavy atom. The fourth-order valence-corrected chi connectivity index (χ4v) is 2.32. The predicted molar refractivity (Wildman–Crippen MR) is 87.2 cm³/mol. The van der Waals surface area contributed by atoms with Gasteiger partial charge in [-0.05, 0) is 12.5 Å². The molecule has 120 valence electrons. The summed E-state index contributed by atoms with van der Waals surface area (Å²) in [5, 5.41) is 13.5. The van der Waals surface area contributed by atoms with Crippen LogP contribution in [-0.4, -0.2) is 10.8 Å². The van der Waals surface area contributed by atoms with E-state index in [2.05, 4.69) is 9.88 Å². The number of halogens is 1. The van der Waals surface area contributed by atoms with Crippen molar-refractivity contribution in [3.8, 4) is 0 Å². The summed E-state index contributed by atoms with van der Waals surface area (Å²) in [4.78, 5) is 22.0. The molecule has 23 heavy (non-hydrogen) atoms. The Morgan fingerprint density at radius 1 is 1.22 bits per heavy atom. The lowest BCUT2D eigenvalue weighted by Crippen LogP contribution is -2.32. The van der Waals surface area contributed by atoms with Crippen molar-refractivity contribution >= 4 is 28.9 Å². The number of hydrogen-bond acceptors (Lipinski definition) is 3. The molecule has 7 heteroatoms. The monoisotopic (exact) mass is 334 g/mol. The van der Waals surface area contributed by atoms with Gasteiger partial charge >= 0.3 is 0 Å². The molecule has 2 rings (SSSR count). The van der Waals surface area contributed by atoms with Crippen LogP contribution in [0.1, 0.15) is 19.3 Å². The van der Waals surface area contributed by atoms with Crippen LogP contribution in [0.2, 0.25) is 5.02 Å². The second kappa shape index (κ2) is 8.24. The maximum atomic E-state index is 11.9. The topological polar surface area (TPSA) is 76.1 Å². The molecular formula is C16H17ClN3O3+. The Hall–Kier alpha value is -2.47. The van der Waals surface area contributed by atoms with Gasteiger partial charge < -0.3 is 5.32 Å². The summed E-state index contributed by atoms with van der Waals surface area (Å²) in [5.41, 5.74) is 0.285. The highest BCUT2D eigenvalue weighted by atomic mass is 35.5. The first-order valence-corrected chi connectivity index (χ1v) is 7.62. The van der Waals surface area contributed by atoms with E-state index < -0.39 is 4.92 Å². The van der Waals surface area contributed by atoms with E-state index in [1.54, 1.807) is 0 Å². The average Bonchev–Trinajstić information content (AvgIpc) is 2.54. The van der Waals surface area contributed by atoms with Crippen molar-refractivity contribution < 1.29 is 14.3 Å². The Bertz CT molecular complexity index is 692. The van der Waals surface area contributed by atoms with Crippen molar-refractivity contribution in [3.63, 3.8) is 0 Å². The van der Waals surface area contributed by atoms with Crippen LogP contribution in [0.15, 0.2) is 48.8 Å². The number of nitrogens with one attached hydrogen (secondary N) is 1. The summed E-state index contributed by atoms with van der Waals surface area (Å²) in [6.45, 7) is 0.854. The number of rotatable bonds is 7. The average molecular weight is 335 g/mol. The van der Waals surface area contributed by atoms with Crippen LogP contribution in [0, 0.1) is 10.1 Å². The molecule has 0 aliphatic rings. The van der Waals surface area contributed by atoms with Crippen LogP contribution in [0.3, 0.4) is 0 Å². The standard InChI is InChI=1S/C16H16ClN3O3/c17-14-12-13(20(22)23)7-8-15(14)18-16(21)6-2-5-11-19-9-3-1-4-10-19/h1,3-4,7-10,12H,2,5-6,11H2/p+1. The second-order valence-electron chi connectivity index (χ2n) is 5.04. The zero-order valence-corrected chi connectivity index (χ0v) is 13.2. The molecule has 6 nitrogen and oxygen atoms in total. The van der Waals surface area contributed by atoms with Gasteiger partial charge in [-0.1, -0.05) is 17.7 Å². The molecule has 0 atom stereocenters. The fraction of sp³-hybridized carbons (Fsp3) is 0.250. The number of aryl methyl sites for hydroxylation is 1. The largest absolute Gasteiger partial charge is 0.325 e. The first kappa shape index (κ1) is 16.9. The van der Waals surface area contributed by atoms with Crippen LogP contribution < -0.4 is 9.88 Å². The molecule has 0 fully saturated rings. The molecule has 1 N–H and O–H groups in total. The lowest BCUT2D eigenvalue weighted by molar-refractivity contribution is -0.697. The number of pyridine rings is 1. The number of hydrogen-bond donors (Lipinski definition) is 1. The highest BCUT2D eigenvalue weighted by molar-refractivity contribution is 6.33. The molecule has 0 spiro atoms. The van der Waals surface area contributed by atoms with E-state index in [4.69, 9.17) is 11.6 Å². The molecule has 0 bridgehead atoms. The molecule has 1 heterocycles. The minimum absolute atomic E-state index is 0.104. The van der Waals surface area contributed by atoms with E-state index >= 15 is 0 Å². The highest BCUT2D eigenvalue weighted by Crippen LogP contribution is 2.26. The molecule has 0 aliphatic heterocycles. The number of non-ortho nitro benzene ring substituents is 1. The van der Waals surface area contributed by atoms with E-state index in [-0.39, 0.29) is 16.6 Å². The highest BCUT2D eigenvalue weighted by Gasteiger charge is 2.11. The van der Waals surface area contributed by atoms with Gasteiger partial charge in [0.25, 0.3) is 5.69 Å². The van der Waals surface area contributed by atoms with E-state index in [0.717, 1.165) is 19.4 Å². The maximum Gasteiger partial charge on any atom is 0.271 e. The number of benzene rings is 1. The number of carbonyl (C=O) groups is 1. The molecule has 0 aliphatic carbocycles. The van der Waals surface area contributed by atoms with Gasteiger partial charge in [0.1, 0.15) is 6.54 Å². The minimum Gasteiger partial charge on any atom is -0.325 e. The first-order chi connectivity index (χ1) is 11.1. The van der Waals surface area contributed by atoms with Crippen LogP contribution in [-0.2, 0) is 11.3 Å². The van der Waals surface area contributed by atoms with Crippen LogP contribution in [0.25, 0.3) is 0 Å². The van der Waals surface area contributed by atoms with E-state index in [1.807, 2.05) is 30.6 Å². The lowest BCUT2D eigenvalue weighted by Gasteiger charge is -2.06. The summed E-state index contributed by atoms with van der Waals surface area (Å²) in [5.74, 6) is -0.154.